The summed E-state index contributed by atoms with van der Waals surface area (Å²) in [5, 5.41) is 5.15. The fourth-order valence-corrected chi connectivity index (χ4v) is 4.34. The third-order valence-corrected chi connectivity index (χ3v) is 6.40. The Hall–Kier alpha value is -2.09. The summed E-state index contributed by atoms with van der Waals surface area (Å²) in [6, 6.07) is 9.95. The van der Waals surface area contributed by atoms with Crippen LogP contribution in [0.2, 0.25) is 0 Å². The zero-order valence-electron chi connectivity index (χ0n) is 17.5. The molecule has 0 radical (unpaired) electrons. The smallest absolute Gasteiger partial charge is 0.237 e. The average molecular weight is 418 g/mol. The molecule has 1 N–H and O–H groups in total. The van der Waals surface area contributed by atoms with Crippen molar-refractivity contribution in [3.05, 3.63) is 46.2 Å². The van der Waals surface area contributed by atoms with Gasteiger partial charge in [0.05, 0.1) is 20.3 Å². The summed E-state index contributed by atoms with van der Waals surface area (Å²) in [5.41, 5.74) is 1.12. The van der Waals surface area contributed by atoms with Gasteiger partial charge in [-0.1, -0.05) is 6.07 Å². The van der Waals surface area contributed by atoms with E-state index in [1.807, 2.05) is 31.2 Å². The minimum Gasteiger partial charge on any atom is -0.497 e. The summed E-state index contributed by atoms with van der Waals surface area (Å²) >= 11 is 1.73. The Morgan fingerprint density at radius 2 is 1.97 bits per heavy atom. The summed E-state index contributed by atoms with van der Waals surface area (Å²) < 4.78 is 10.8. The van der Waals surface area contributed by atoms with Crippen LogP contribution in [0.5, 0.6) is 11.5 Å². The van der Waals surface area contributed by atoms with Crippen molar-refractivity contribution in [2.45, 2.75) is 25.9 Å². The number of rotatable bonds is 9. The molecule has 0 bridgehead atoms. The average Bonchev–Trinajstić information content (AvgIpc) is 3.27. The molecule has 1 aromatic carbocycles. The highest BCUT2D eigenvalue weighted by molar-refractivity contribution is 7.09. The number of hydrogen-bond donors (Lipinski definition) is 1. The van der Waals surface area contributed by atoms with Crippen LogP contribution in [-0.2, 0) is 17.8 Å². The van der Waals surface area contributed by atoms with E-state index in [2.05, 4.69) is 26.6 Å². The van der Waals surface area contributed by atoms with Gasteiger partial charge >= 0.3 is 0 Å². The largest absolute Gasteiger partial charge is 0.497 e. The van der Waals surface area contributed by atoms with Gasteiger partial charge in [-0.05, 0) is 43.0 Å². The Kier molecular flexibility index (Phi) is 7.91. The van der Waals surface area contributed by atoms with Crippen molar-refractivity contribution in [3.8, 4) is 11.5 Å². The molecule has 0 saturated carbocycles. The molecule has 1 unspecified atom stereocenters. The van der Waals surface area contributed by atoms with E-state index in [0.717, 1.165) is 56.2 Å². The molecule has 3 rings (SSSR count). The van der Waals surface area contributed by atoms with E-state index in [9.17, 15) is 4.79 Å². The molecule has 1 aliphatic heterocycles. The van der Waals surface area contributed by atoms with Gasteiger partial charge in [0.15, 0.2) is 0 Å². The molecule has 158 valence electrons. The summed E-state index contributed by atoms with van der Waals surface area (Å²) in [7, 11) is 3.37. The van der Waals surface area contributed by atoms with E-state index in [4.69, 9.17) is 9.47 Å². The second-order valence-electron chi connectivity index (χ2n) is 7.29. The van der Waals surface area contributed by atoms with Gasteiger partial charge in [0.1, 0.15) is 11.5 Å². The lowest BCUT2D eigenvalue weighted by Crippen LogP contribution is -2.53. The van der Waals surface area contributed by atoms with Crippen LogP contribution in [0.3, 0.4) is 0 Å². The van der Waals surface area contributed by atoms with Crippen LogP contribution in [0.4, 0.5) is 0 Å². The number of hydrogen-bond acceptors (Lipinski definition) is 6. The minimum absolute atomic E-state index is 0.105. The molecule has 6 nitrogen and oxygen atoms in total. The number of methoxy groups -OCH3 is 2. The summed E-state index contributed by atoms with van der Waals surface area (Å²) in [6.07, 6.45) is 0.895. The van der Waals surface area contributed by atoms with Gasteiger partial charge in [-0.3, -0.25) is 14.6 Å². The van der Waals surface area contributed by atoms with Crippen LogP contribution in [0.1, 0.15) is 17.4 Å². The summed E-state index contributed by atoms with van der Waals surface area (Å²) in [4.78, 5) is 18.5. The lowest BCUT2D eigenvalue weighted by Gasteiger charge is -2.37. The first-order chi connectivity index (χ1) is 14.1. The third kappa shape index (κ3) is 5.95. The van der Waals surface area contributed by atoms with Crippen molar-refractivity contribution in [3.63, 3.8) is 0 Å². The highest BCUT2D eigenvalue weighted by Gasteiger charge is 2.25. The lowest BCUT2D eigenvalue weighted by atomic mass is 10.1. The van der Waals surface area contributed by atoms with Gasteiger partial charge in [-0.15, -0.1) is 11.3 Å². The zero-order valence-corrected chi connectivity index (χ0v) is 18.3. The van der Waals surface area contributed by atoms with Crippen molar-refractivity contribution >= 4 is 17.2 Å². The van der Waals surface area contributed by atoms with Gasteiger partial charge in [0.2, 0.25) is 5.91 Å². The number of amides is 1. The highest BCUT2D eigenvalue weighted by atomic mass is 32.1. The van der Waals surface area contributed by atoms with Gasteiger partial charge in [0, 0.05) is 49.7 Å². The Labute approximate surface area is 177 Å². The Morgan fingerprint density at radius 1 is 1.17 bits per heavy atom. The minimum atomic E-state index is -0.105. The van der Waals surface area contributed by atoms with E-state index in [-0.39, 0.29) is 11.9 Å². The monoisotopic (exact) mass is 417 g/mol. The number of carbonyl (C=O) groups is 1. The van der Waals surface area contributed by atoms with Gasteiger partial charge < -0.3 is 14.8 Å². The van der Waals surface area contributed by atoms with Crippen LogP contribution in [0, 0.1) is 0 Å². The molecule has 2 aromatic rings. The maximum absolute atomic E-state index is 12.5. The number of ether oxygens (including phenoxy) is 2. The van der Waals surface area contributed by atoms with Gasteiger partial charge in [0.25, 0.3) is 0 Å². The number of benzene rings is 1. The molecule has 1 atom stereocenters. The first-order valence-corrected chi connectivity index (χ1v) is 11.0. The van der Waals surface area contributed by atoms with E-state index in [0.29, 0.717) is 6.54 Å². The lowest BCUT2D eigenvalue weighted by molar-refractivity contribution is -0.126. The Balaban J connectivity index is 1.45. The van der Waals surface area contributed by atoms with Gasteiger partial charge in [-0.25, -0.2) is 0 Å². The van der Waals surface area contributed by atoms with Crippen LogP contribution in [0.15, 0.2) is 35.7 Å². The molecular weight excluding hydrogens is 386 g/mol. The number of thiophene rings is 1. The second kappa shape index (κ2) is 10.6. The molecule has 1 amide bonds. The SMILES string of the molecule is COc1ccc(OC)c(CN2CCN(C(C)C(=O)NCCc3cccs3)CC2)c1. The van der Waals surface area contributed by atoms with E-state index < -0.39 is 0 Å². The molecule has 1 aliphatic rings. The number of piperazine rings is 1. The number of carbonyl (C=O) groups excluding carboxylic acids is 1. The predicted molar refractivity (Wildman–Crippen MR) is 117 cm³/mol. The number of nitrogens with one attached hydrogen (secondary N) is 1. The van der Waals surface area contributed by atoms with E-state index in [1.165, 1.54) is 4.88 Å². The number of nitrogens with zero attached hydrogens (tertiary/aromatic N) is 2. The van der Waals surface area contributed by atoms with Crippen LogP contribution in [0.25, 0.3) is 0 Å². The third-order valence-electron chi connectivity index (χ3n) is 5.47. The zero-order chi connectivity index (χ0) is 20.6. The fourth-order valence-electron chi connectivity index (χ4n) is 3.63. The molecule has 1 fully saturated rings. The summed E-state index contributed by atoms with van der Waals surface area (Å²) in [6.45, 7) is 7.12. The van der Waals surface area contributed by atoms with E-state index >= 15 is 0 Å². The molecule has 2 heterocycles. The van der Waals surface area contributed by atoms with Crippen LogP contribution in [-0.4, -0.2) is 68.7 Å². The summed E-state index contributed by atoms with van der Waals surface area (Å²) in [5.74, 6) is 1.84. The highest BCUT2D eigenvalue weighted by Crippen LogP contribution is 2.25. The molecule has 7 heteroatoms. The van der Waals surface area contributed by atoms with Crippen LogP contribution >= 0.6 is 11.3 Å². The Morgan fingerprint density at radius 3 is 2.62 bits per heavy atom. The molecule has 0 aliphatic carbocycles. The normalized spacial score (nSPS) is 16.4. The molecule has 1 saturated heterocycles. The maximum atomic E-state index is 12.5. The maximum Gasteiger partial charge on any atom is 0.237 e. The fraction of sp³-hybridized carbons (Fsp3) is 0.500. The quantitative estimate of drug-likeness (QED) is 0.680. The van der Waals surface area contributed by atoms with Crippen molar-refractivity contribution in [1.29, 1.82) is 0 Å². The van der Waals surface area contributed by atoms with Crippen molar-refractivity contribution in [2.24, 2.45) is 0 Å². The standard InChI is InChI=1S/C22H31N3O3S/c1-17(22(26)23-9-8-20-5-4-14-29-20)25-12-10-24(11-13-25)16-18-15-19(27-2)6-7-21(18)28-3/h4-7,14-15,17H,8-13,16H2,1-3H3,(H,23,26). The van der Waals surface area contributed by atoms with Crippen molar-refractivity contribution in [1.82, 2.24) is 15.1 Å². The van der Waals surface area contributed by atoms with Crippen molar-refractivity contribution in [2.75, 3.05) is 46.9 Å². The van der Waals surface area contributed by atoms with Gasteiger partial charge in [-0.2, -0.15) is 0 Å². The Bertz CT molecular complexity index is 774. The first kappa shape index (κ1) is 21.6. The first-order valence-electron chi connectivity index (χ1n) is 10.1. The molecule has 29 heavy (non-hydrogen) atoms. The van der Waals surface area contributed by atoms with Crippen molar-refractivity contribution < 1.29 is 14.3 Å². The van der Waals surface area contributed by atoms with Crippen LogP contribution < -0.4 is 14.8 Å². The van der Waals surface area contributed by atoms with E-state index in [1.54, 1.807) is 25.6 Å². The predicted octanol–water partition coefficient (Wildman–Crippen LogP) is 2.63. The second-order valence-corrected chi connectivity index (χ2v) is 8.32. The molecule has 1 aromatic heterocycles. The topological polar surface area (TPSA) is 54.0 Å². The molecular formula is C22H31N3O3S. The molecule has 0 spiro atoms.